The quantitative estimate of drug-likeness (QED) is 0.851. The third-order valence-electron chi connectivity index (χ3n) is 3.22. The summed E-state index contributed by atoms with van der Waals surface area (Å²) in [5, 5.41) is 4.31. The van der Waals surface area contributed by atoms with E-state index in [1.165, 1.54) is 4.88 Å². The fraction of sp³-hybridized carbons (Fsp3) is 0.500. The summed E-state index contributed by atoms with van der Waals surface area (Å²) < 4.78 is 1.80. The molecule has 6 heteroatoms. The van der Waals surface area contributed by atoms with Crippen molar-refractivity contribution in [2.75, 3.05) is 13.6 Å². The number of hydrogen-bond donors (Lipinski definition) is 0. The average molecular weight is 292 g/mol. The molecule has 108 valence electrons. The van der Waals surface area contributed by atoms with Crippen LogP contribution in [0, 0.1) is 6.92 Å². The van der Waals surface area contributed by atoms with Gasteiger partial charge in [-0.1, -0.05) is 0 Å². The molecule has 0 spiro atoms. The number of aromatic nitrogens is 3. The summed E-state index contributed by atoms with van der Waals surface area (Å²) in [4.78, 5) is 19.4. The Kier molecular flexibility index (Phi) is 4.54. The molecule has 0 saturated carbocycles. The second-order valence-electron chi connectivity index (χ2n) is 5.11. The van der Waals surface area contributed by atoms with E-state index in [0.29, 0.717) is 12.2 Å². The summed E-state index contributed by atoms with van der Waals surface area (Å²) in [7, 11) is 1.81. The standard InChI is InChI=1S/C14H20N4OS/c1-10(2)18-8-5-12(16-18)14(19)17(4)7-6-13-11(3)15-9-20-13/h5,8-10H,6-7H2,1-4H3. The highest BCUT2D eigenvalue weighted by Crippen LogP contribution is 2.13. The molecule has 0 saturated heterocycles. The Morgan fingerprint density at radius 1 is 1.50 bits per heavy atom. The Hall–Kier alpha value is -1.69. The van der Waals surface area contributed by atoms with Crippen LogP contribution in [-0.4, -0.2) is 39.2 Å². The summed E-state index contributed by atoms with van der Waals surface area (Å²) in [6.07, 6.45) is 2.68. The second-order valence-corrected chi connectivity index (χ2v) is 6.05. The van der Waals surface area contributed by atoms with Gasteiger partial charge in [-0.15, -0.1) is 11.3 Å². The number of amides is 1. The van der Waals surface area contributed by atoms with Gasteiger partial charge in [-0.3, -0.25) is 9.48 Å². The molecule has 0 aliphatic heterocycles. The molecule has 0 atom stereocenters. The Labute approximate surface area is 123 Å². The molecule has 20 heavy (non-hydrogen) atoms. The molecule has 0 unspecified atom stereocenters. The fourth-order valence-corrected chi connectivity index (χ4v) is 2.64. The molecule has 5 nitrogen and oxygen atoms in total. The van der Waals surface area contributed by atoms with Crippen molar-refractivity contribution in [2.45, 2.75) is 33.2 Å². The molecule has 0 aliphatic carbocycles. The largest absolute Gasteiger partial charge is 0.340 e. The van der Waals surface area contributed by atoms with Gasteiger partial charge in [0.25, 0.3) is 5.91 Å². The van der Waals surface area contributed by atoms with Crippen LogP contribution in [0.2, 0.25) is 0 Å². The van der Waals surface area contributed by atoms with Crippen LogP contribution in [0.4, 0.5) is 0 Å². The molecule has 0 fully saturated rings. The maximum Gasteiger partial charge on any atom is 0.274 e. The Morgan fingerprint density at radius 3 is 2.80 bits per heavy atom. The molecule has 0 aromatic carbocycles. The van der Waals surface area contributed by atoms with Crippen LogP contribution in [0.25, 0.3) is 0 Å². The first-order valence-electron chi connectivity index (χ1n) is 6.68. The number of carbonyl (C=O) groups excluding carboxylic acids is 1. The number of nitrogens with zero attached hydrogens (tertiary/aromatic N) is 4. The van der Waals surface area contributed by atoms with Gasteiger partial charge in [-0.05, 0) is 26.8 Å². The van der Waals surface area contributed by atoms with Crippen LogP contribution in [-0.2, 0) is 6.42 Å². The lowest BCUT2D eigenvalue weighted by atomic mass is 10.3. The van der Waals surface area contributed by atoms with E-state index in [1.807, 2.05) is 39.5 Å². The third kappa shape index (κ3) is 3.25. The van der Waals surface area contributed by atoms with Crippen LogP contribution in [0.15, 0.2) is 17.8 Å². The molecule has 2 aromatic rings. The zero-order chi connectivity index (χ0) is 14.7. The Balaban J connectivity index is 1.96. The normalized spacial score (nSPS) is 11.1. The molecule has 0 bridgehead atoms. The van der Waals surface area contributed by atoms with E-state index in [-0.39, 0.29) is 11.9 Å². The maximum atomic E-state index is 12.3. The minimum Gasteiger partial charge on any atom is -0.340 e. The monoisotopic (exact) mass is 292 g/mol. The van der Waals surface area contributed by atoms with Gasteiger partial charge in [-0.25, -0.2) is 4.98 Å². The summed E-state index contributed by atoms with van der Waals surface area (Å²) in [6.45, 7) is 6.75. The number of hydrogen-bond acceptors (Lipinski definition) is 4. The first kappa shape index (κ1) is 14.7. The number of rotatable bonds is 5. The van der Waals surface area contributed by atoms with E-state index in [9.17, 15) is 4.79 Å². The first-order valence-corrected chi connectivity index (χ1v) is 7.56. The Morgan fingerprint density at radius 2 is 2.25 bits per heavy atom. The van der Waals surface area contributed by atoms with Crippen molar-refractivity contribution in [3.8, 4) is 0 Å². The van der Waals surface area contributed by atoms with Gasteiger partial charge in [0, 0.05) is 37.1 Å². The molecule has 1 amide bonds. The zero-order valence-electron chi connectivity index (χ0n) is 12.3. The van der Waals surface area contributed by atoms with Gasteiger partial charge in [0.1, 0.15) is 5.69 Å². The highest BCUT2D eigenvalue weighted by Gasteiger charge is 2.15. The van der Waals surface area contributed by atoms with E-state index in [4.69, 9.17) is 0 Å². The number of carbonyl (C=O) groups is 1. The molecule has 2 rings (SSSR count). The van der Waals surface area contributed by atoms with Gasteiger partial charge in [0.15, 0.2) is 0 Å². The van der Waals surface area contributed by atoms with Gasteiger partial charge in [-0.2, -0.15) is 5.10 Å². The fourth-order valence-electron chi connectivity index (χ4n) is 1.87. The van der Waals surface area contributed by atoms with Gasteiger partial charge < -0.3 is 4.90 Å². The minimum absolute atomic E-state index is 0.0356. The van der Waals surface area contributed by atoms with Crippen LogP contribution in [0.5, 0.6) is 0 Å². The second kappa shape index (κ2) is 6.17. The third-order valence-corrected chi connectivity index (χ3v) is 4.22. The summed E-state index contributed by atoms with van der Waals surface area (Å²) in [6, 6.07) is 2.04. The van der Waals surface area contributed by atoms with Crippen LogP contribution < -0.4 is 0 Å². The van der Waals surface area contributed by atoms with Crippen molar-refractivity contribution in [2.24, 2.45) is 0 Å². The Bertz CT molecular complexity index is 588. The lowest BCUT2D eigenvalue weighted by Gasteiger charge is -2.15. The lowest BCUT2D eigenvalue weighted by Crippen LogP contribution is -2.29. The van der Waals surface area contributed by atoms with Gasteiger partial charge >= 0.3 is 0 Å². The molecular formula is C14H20N4OS. The van der Waals surface area contributed by atoms with Crippen LogP contribution in [0.1, 0.15) is 40.9 Å². The number of thiazole rings is 1. The highest BCUT2D eigenvalue weighted by atomic mass is 32.1. The van der Waals surface area contributed by atoms with E-state index in [2.05, 4.69) is 10.1 Å². The van der Waals surface area contributed by atoms with Crippen LogP contribution >= 0.6 is 11.3 Å². The van der Waals surface area contributed by atoms with E-state index in [0.717, 1.165) is 12.1 Å². The van der Waals surface area contributed by atoms with Crippen molar-refractivity contribution in [3.05, 3.63) is 34.0 Å². The van der Waals surface area contributed by atoms with Crippen molar-refractivity contribution in [1.82, 2.24) is 19.7 Å². The minimum atomic E-state index is -0.0356. The SMILES string of the molecule is Cc1ncsc1CCN(C)C(=O)c1ccn(C(C)C)n1. The van der Waals surface area contributed by atoms with E-state index in [1.54, 1.807) is 27.0 Å². The number of aryl methyl sites for hydroxylation is 1. The summed E-state index contributed by atoms with van der Waals surface area (Å²) in [5.41, 5.74) is 3.40. The lowest BCUT2D eigenvalue weighted by molar-refractivity contribution is 0.0790. The first-order chi connectivity index (χ1) is 9.49. The molecule has 0 aliphatic rings. The van der Waals surface area contributed by atoms with Crippen LogP contribution in [0.3, 0.4) is 0 Å². The molecule has 0 N–H and O–H groups in total. The smallest absolute Gasteiger partial charge is 0.274 e. The van der Waals surface area contributed by atoms with Crippen molar-refractivity contribution in [3.63, 3.8) is 0 Å². The topological polar surface area (TPSA) is 51.0 Å². The van der Waals surface area contributed by atoms with Gasteiger partial charge in [0.2, 0.25) is 0 Å². The van der Waals surface area contributed by atoms with Crippen molar-refractivity contribution >= 4 is 17.2 Å². The predicted molar refractivity (Wildman–Crippen MR) is 80.1 cm³/mol. The van der Waals surface area contributed by atoms with E-state index >= 15 is 0 Å². The molecular weight excluding hydrogens is 272 g/mol. The number of likely N-dealkylation sites (N-methyl/N-ethyl adjacent to an activating group) is 1. The van der Waals surface area contributed by atoms with Crippen molar-refractivity contribution < 1.29 is 4.79 Å². The van der Waals surface area contributed by atoms with Gasteiger partial charge in [0.05, 0.1) is 11.2 Å². The highest BCUT2D eigenvalue weighted by molar-refractivity contribution is 7.09. The van der Waals surface area contributed by atoms with E-state index < -0.39 is 0 Å². The summed E-state index contributed by atoms with van der Waals surface area (Å²) in [5.74, 6) is -0.0356. The zero-order valence-corrected chi connectivity index (χ0v) is 13.1. The maximum absolute atomic E-state index is 12.3. The molecule has 0 radical (unpaired) electrons. The molecule has 2 aromatic heterocycles. The molecule has 2 heterocycles. The average Bonchev–Trinajstić information content (AvgIpc) is 3.04. The predicted octanol–water partition coefficient (Wildman–Crippen LogP) is 2.54. The summed E-state index contributed by atoms with van der Waals surface area (Å²) >= 11 is 1.64. The van der Waals surface area contributed by atoms with Crippen molar-refractivity contribution in [1.29, 1.82) is 0 Å².